The van der Waals surface area contributed by atoms with Crippen LogP contribution in [0.1, 0.15) is 31.0 Å². The van der Waals surface area contributed by atoms with Gasteiger partial charge >= 0.3 is 0 Å². The van der Waals surface area contributed by atoms with Gasteiger partial charge in [0.05, 0.1) is 0 Å². The highest BCUT2D eigenvalue weighted by Gasteiger charge is 1.96. The third kappa shape index (κ3) is 5.59. The molecule has 114 valence electrons. The number of ether oxygens (including phenoxy) is 1. The zero-order valence-electron chi connectivity index (χ0n) is 12.8. The van der Waals surface area contributed by atoms with E-state index in [4.69, 9.17) is 5.26 Å². The Morgan fingerprint density at radius 3 is 2.27 bits per heavy atom. The number of nitriles is 1. The molecule has 0 amide bonds. The average Bonchev–Trinajstić information content (AvgIpc) is 2.56. The van der Waals surface area contributed by atoms with E-state index >= 15 is 0 Å². The number of anilines is 1. The lowest BCUT2D eigenvalue weighted by atomic mass is 10.0. The fraction of sp³-hybridized carbons (Fsp3) is 0.250. The summed E-state index contributed by atoms with van der Waals surface area (Å²) in [5, 5.41) is 18.2. The summed E-state index contributed by atoms with van der Waals surface area (Å²) >= 11 is 0. The second-order valence-electron chi connectivity index (χ2n) is 4.61. The summed E-state index contributed by atoms with van der Waals surface area (Å²) < 4.78 is 4.34. The summed E-state index contributed by atoms with van der Waals surface area (Å²) in [4.78, 5) is 9.77. The molecular formula is C16H18N4O2. The highest BCUT2D eigenvalue weighted by atomic mass is 16.5. The summed E-state index contributed by atoms with van der Waals surface area (Å²) in [6.45, 7) is 4.65. The van der Waals surface area contributed by atoms with Crippen molar-refractivity contribution in [2.45, 2.75) is 19.8 Å². The second kappa shape index (κ2) is 9.08. The summed E-state index contributed by atoms with van der Waals surface area (Å²) in [5.41, 5.74) is 2.75. The van der Waals surface area contributed by atoms with Crippen LogP contribution < -0.4 is 10.1 Å². The van der Waals surface area contributed by atoms with Crippen molar-refractivity contribution in [3.8, 4) is 11.9 Å². The quantitative estimate of drug-likeness (QED) is 0.873. The molecule has 0 aliphatic rings. The Morgan fingerprint density at radius 1 is 1.18 bits per heavy atom. The Labute approximate surface area is 129 Å². The first kappa shape index (κ1) is 17.1. The van der Waals surface area contributed by atoms with Gasteiger partial charge in [-0.15, -0.1) is 10.2 Å². The minimum atomic E-state index is 0.0824. The molecule has 0 atom stereocenters. The van der Waals surface area contributed by atoms with Crippen LogP contribution in [0.5, 0.6) is 5.88 Å². The molecule has 6 nitrogen and oxygen atoms in total. The first-order chi connectivity index (χ1) is 10.6. The van der Waals surface area contributed by atoms with Crippen LogP contribution in [-0.4, -0.2) is 23.7 Å². The molecule has 0 saturated heterocycles. The molecule has 0 unspecified atom stereocenters. The lowest BCUT2D eigenvalue weighted by Gasteiger charge is -2.05. The van der Waals surface area contributed by atoms with Gasteiger partial charge in [0, 0.05) is 18.8 Å². The first-order valence-electron chi connectivity index (χ1n) is 6.72. The molecule has 1 aromatic heterocycles. The van der Waals surface area contributed by atoms with E-state index in [2.05, 4.69) is 58.4 Å². The van der Waals surface area contributed by atoms with Crippen molar-refractivity contribution in [3.63, 3.8) is 0 Å². The summed E-state index contributed by atoms with van der Waals surface area (Å²) in [6.07, 6.45) is 0. The van der Waals surface area contributed by atoms with Gasteiger partial charge in [-0.3, -0.25) is 4.79 Å². The lowest BCUT2D eigenvalue weighted by Crippen LogP contribution is -1.94. The van der Waals surface area contributed by atoms with Crippen LogP contribution in [0.4, 0.5) is 5.69 Å². The van der Waals surface area contributed by atoms with Crippen LogP contribution in [-0.2, 0) is 4.79 Å². The summed E-state index contributed by atoms with van der Waals surface area (Å²) in [7, 11) is 1.93. The third-order valence-electron chi connectivity index (χ3n) is 2.79. The van der Waals surface area contributed by atoms with Crippen molar-refractivity contribution in [1.82, 2.24) is 10.2 Å². The summed E-state index contributed by atoms with van der Waals surface area (Å²) in [5.74, 6) is 0.708. The number of hydrogen-bond donors (Lipinski definition) is 1. The molecule has 2 rings (SSSR count). The Morgan fingerprint density at radius 2 is 1.86 bits per heavy atom. The SMILES string of the molecule is CNc1ccc(C(C)C)cc1.N#Cc1ccc(OC=O)nn1. The lowest BCUT2D eigenvalue weighted by molar-refractivity contribution is -0.121. The van der Waals surface area contributed by atoms with E-state index in [1.807, 2.05) is 7.05 Å². The van der Waals surface area contributed by atoms with Gasteiger partial charge < -0.3 is 10.1 Å². The molecule has 0 fully saturated rings. The third-order valence-corrected chi connectivity index (χ3v) is 2.79. The van der Waals surface area contributed by atoms with Crippen molar-refractivity contribution >= 4 is 12.2 Å². The molecule has 0 radical (unpaired) electrons. The van der Waals surface area contributed by atoms with Gasteiger partial charge in [-0.25, -0.2) is 0 Å². The number of nitrogens with one attached hydrogen (secondary N) is 1. The van der Waals surface area contributed by atoms with Gasteiger partial charge in [0.1, 0.15) is 6.07 Å². The fourth-order valence-corrected chi connectivity index (χ4v) is 1.53. The maximum absolute atomic E-state index is 9.77. The average molecular weight is 298 g/mol. The molecule has 0 bridgehead atoms. The van der Waals surface area contributed by atoms with Gasteiger partial charge in [-0.1, -0.05) is 26.0 Å². The van der Waals surface area contributed by atoms with Crippen LogP contribution in [0.2, 0.25) is 0 Å². The van der Waals surface area contributed by atoms with E-state index in [9.17, 15) is 4.79 Å². The molecule has 1 N–H and O–H groups in total. The van der Waals surface area contributed by atoms with Gasteiger partial charge in [0.25, 0.3) is 6.47 Å². The van der Waals surface area contributed by atoms with Crippen molar-refractivity contribution in [2.75, 3.05) is 12.4 Å². The molecular weight excluding hydrogens is 280 g/mol. The van der Waals surface area contributed by atoms with E-state index in [1.165, 1.54) is 23.4 Å². The monoisotopic (exact) mass is 298 g/mol. The van der Waals surface area contributed by atoms with Gasteiger partial charge in [-0.2, -0.15) is 5.26 Å². The topological polar surface area (TPSA) is 87.9 Å². The number of carbonyl (C=O) groups is 1. The van der Waals surface area contributed by atoms with Gasteiger partial charge in [0.2, 0.25) is 5.88 Å². The number of carbonyl (C=O) groups excluding carboxylic acids is 1. The molecule has 22 heavy (non-hydrogen) atoms. The van der Waals surface area contributed by atoms with Crippen LogP contribution in [0.3, 0.4) is 0 Å². The van der Waals surface area contributed by atoms with E-state index in [-0.39, 0.29) is 18.0 Å². The highest BCUT2D eigenvalue weighted by Crippen LogP contribution is 2.16. The minimum absolute atomic E-state index is 0.0824. The van der Waals surface area contributed by atoms with Crippen molar-refractivity contribution in [1.29, 1.82) is 5.26 Å². The standard InChI is InChI=1S/C10H15N.C6H3N3O2/c1-8(2)9-4-6-10(11-3)7-5-9;7-3-5-1-2-6(9-8-5)11-4-10/h4-8,11H,1-3H3;1-2,4H. The van der Waals surface area contributed by atoms with E-state index < -0.39 is 0 Å². The predicted octanol–water partition coefficient (Wildman–Crippen LogP) is 2.74. The Hall–Kier alpha value is -2.94. The van der Waals surface area contributed by atoms with Crippen LogP contribution >= 0.6 is 0 Å². The Kier molecular flexibility index (Phi) is 7.06. The highest BCUT2D eigenvalue weighted by molar-refractivity contribution is 5.44. The molecule has 1 heterocycles. The number of rotatable bonds is 4. The van der Waals surface area contributed by atoms with Gasteiger partial charge in [0.15, 0.2) is 5.69 Å². The van der Waals surface area contributed by atoms with E-state index in [0.717, 1.165) is 0 Å². The molecule has 0 saturated carbocycles. The van der Waals surface area contributed by atoms with Crippen molar-refractivity contribution in [3.05, 3.63) is 47.7 Å². The molecule has 0 aliphatic heterocycles. The number of hydrogen-bond acceptors (Lipinski definition) is 6. The van der Waals surface area contributed by atoms with Crippen molar-refractivity contribution in [2.24, 2.45) is 0 Å². The molecule has 1 aromatic carbocycles. The number of benzene rings is 1. The normalized spacial score (nSPS) is 9.23. The molecule has 0 spiro atoms. The Bertz CT molecular complexity index is 616. The Balaban J connectivity index is 0.000000220. The summed E-state index contributed by atoms with van der Waals surface area (Å²) in [6, 6.07) is 13.1. The van der Waals surface area contributed by atoms with Crippen LogP contribution in [0.15, 0.2) is 36.4 Å². The number of nitrogens with zero attached hydrogens (tertiary/aromatic N) is 3. The zero-order chi connectivity index (χ0) is 16.4. The van der Waals surface area contributed by atoms with Gasteiger partial charge in [-0.05, 0) is 29.7 Å². The minimum Gasteiger partial charge on any atom is -0.408 e. The molecule has 6 heteroatoms. The molecule has 0 aliphatic carbocycles. The van der Waals surface area contributed by atoms with Crippen LogP contribution in [0.25, 0.3) is 0 Å². The largest absolute Gasteiger partial charge is 0.408 e. The van der Waals surface area contributed by atoms with E-state index in [1.54, 1.807) is 6.07 Å². The predicted molar refractivity (Wildman–Crippen MR) is 83.5 cm³/mol. The van der Waals surface area contributed by atoms with Crippen molar-refractivity contribution < 1.29 is 9.53 Å². The number of aromatic nitrogens is 2. The van der Waals surface area contributed by atoms with E-state index in [0.29, 0.717) is 5.92 Å². The zero-order valence-corrected chi connectivity index (χ0v) is 12.8. The second-order valence-corrected chi connectivity index (χ2v) is 4.61. The first-order valence-corrected chi connectivity index (χ1v) is 6.72. The fourth-order valence-electron chi connectivity index (χ4n) is 1.53. The maximum atomic E-state index is 9.77. The molecule has 2 aromatic rings. The van der Waals surface area contributed by atoms with Crippen LogP contribution in [0, 0.1) is 11.3 Å². The maximum Gasteiger partial charge on any atom is 0.299 e. The smallest absolute Gasteiger partial charge is 0.299 e.